The predicted molar refractivity (Wildman–Crippen MR) is 75.4 cm³/mol. The van der Waals surface area contributed by atoms with Gasteiger partial charge in [0.2, 0.25) is 10.0 Å². The third-order valence-corrected chi connectivity index (χ3v) is 5.56. The Bertz CT molecular complexity index is 583. The van der Waals surface area contributed by atoms with E-state index >= 15 is 0 Å². The molecule has 3 N–H and O–H groups in total. The van der Waals surface area contributed by atoms with Crippen LogP contribution in [0.2, 0.25) is 5.02 Å². The molecule has 0 aromatic carbocycles. The Morgan fingerprint density at radius 1 is 1.53 bits per heavy atom. The minimum atomic E-state index is -3.58. The van der Waals surface area contributed by atoms with Gasteiger partial charge in [0.25, 0.3) is 0 Å². The van der Waals surface area contributed by atoms with E-state index in [1.54, 1.807) is 0 Å². The Kier molecular flexibility index (Phi) is 3.77. The van der Waals surface area contributed by atoms with Crippen molar-refractivity contribution in [3.63, 3.8) is 0 Å². The standard InChI is InChI=1S/C12H18ClN3O2S/c1-8(2)12(3-4-12)7-16-19(17,18)9-5-10(13)11(14)15-6-9/h5-6,8,16H,3-4,7H2,1-2H3,(H2,14,15). The van der Waals surface area contributed by atoms with E-state index in [1.807, 2.05) is 0 Å². The lowest BCUT2D eigenvalue weighted by Gasteiger charge is -2.20. The van der Waals surface area contributed by atoms with Gasteiger partial charge in [-0.3, -0.25) is 0 Å². The summed E-state index contributed by atoms with van der Waals surface area (Å²) in [6.07, 6.45) is 3.35. The van der Waals surface area contributed by atoms with Gasteiger partial charge in [-0.2, -0.15) is 0 Å². The van der Waals surface area contributed by atoms with Crippen LogP contribution in [-0.2, 0) is 10.0 Å². The topological polar surface area (TPSA) is 85.1 Å². The zero-order chi connectivity index (χ0) is 14.3. The van der Waals surface area contributed by atoms with Gasteiger partial charge in [-0.25, -0.2) is 18.1 Å². The van der Waals surface area contributed by atoms with Crippen LogP contribution in [0.1, 0.15) is 26.7 Å². The summed E-state index contributed by atoms with van der Waals surface area (Å²) in [5, 5.41) is 0.146. The van der Waals surface area contributed by atoms with Gasteiger partial charge < -0.3 is 5.73 Å². The van der Waals surface area contributed by atoms with Gasteiger partial charge in [0.1, 0.15) is 10.7 Å². The highest BCUT2D eigenvalue weighted by molar-refractivity contribution is 7.89. The Morgan fingerprint density at radius 3 is 2.63 bits per heavy atom. The van der Waals surface area contributed by atoms with Gasteiger partial charge in [-0.05, 0) is 30.2 Å². The second-order valence-electron chi connectivity index (χ2n) is 5.38. The summed E-state index contributed by atoms with van der Waals surface area (Å²) in [6.45, 7) is 4.68. The summed E-state index contributed by atoms with van der Waals surface area (Å²) < 4.78 is 26.9. The van der Waals surface area contributed by atoms with Gasteiger partial charge >= 0.3 is 0 Å². The summed E-state index contributed by atoms with van der Waals surface area (Å²) >= 11 is 5.79. The van der Waals surface area contributed by atoms with Crippen molar-refractivity contribution in [3.05, 3.63) is 17.3 Å². The van der Waals surface area contributed by atoms with Crippen molar-refractivity contribution in [1.82, 2.24) is 9.71 Å². The fraction of sp³-hybridized carbons (Fsp3) is 0.583. The van der Waals surface area contributed by atoms with Crippen molar-refractivity contribution in [2.75, 3.05) is 12.3 Å². The molecule has 0 spiro atoms. The van der Waals surface area contributed by atoms with Crippen LogP contribution >= 0.6 is 11.6 Å². The van der Waals surface area contributed by atoms with Crippen LogP contribution in [0.3, 0.4) is 0 Å². The number of hydrogen-bond acceptors (Lipinski definition) is 4. The molecule has 106 valence electrons. The quantitative estimate of drug-likeness (QED) is 0.871. The first-order valence-electron chi connectivity index (χ1n) is 6.17. The van der Waals surface area contributed by atoms with E-state index in [0.717, 1.165) is 12.8 Å². The number of pyridine rings is 1. The first-order valence-corrected chi connectivity index (χ1v) is 8.04. The maximum Gasteiger partial charge on any atom is 0.242 e. The lowest BCUT2D eigenvalue weighted by molar-refractivity contribution is 0.357. The largest absolute Gasteiger partial charge is 0.382 e. The molecular formula is C12H18ClN3O2S. The first kappa shape index (κ1) is 14.6. The third kappa shape index (κ3) is 3.01. The molecule has 1 saturated carbocycles. The summed E-state index contributed by atoms with van der Waals surface area (Å²) in [4.78, 5) is 3.81. The molecule has 1 fully saturated rings. The monoisotopic (exact) mass is 303 g/mol. The number of nitrogens with two attached hydrogens (primary N) is 1. The van der Waals surface area contributed by atoms with E-state index < -0.39 is 10.0 Å². The molecule has 0 unspecified atom stereocenters. The molecule has 0 radical (unpaired) electrons. The van der Waals surface area contributed by atoms with E-state index in [-0.39, 0.29) is 21.2 Å². The number of nitrogens with zero attached hydrogens (tertiary/aromatic N) is 1. The molecule has 7 heteroatoms. The van der Waals surface area contributed by atoms with Crippen molar-refractivity contribution < 1.29 is 8.42 Å². The van der Waals surface area contributed by atoms with Crippen LogP contribution < -0.4 is 10.5 Å². The zero-order valence-electron chi connectivity index (χ0n) is 11.0. The number of rotatable bonds is 5. The summed E-state index contributed by atoms with van der Waals surface area (Å²) in [5.74, 6) is 0.588. The molecule has 0 saturated heterocycles. The highest BCUT2D eigenvalue weighted by Gasteiger charge is 2.45. The van der Waals surface area contributed by atoms with Crippen LogP contribution in [-0.4, -0.2) is 19.9 Å². The molecular weight excluding hydrogens is 286 g/mol. The fourth-order valence-corrected chi connectivity index (χ4v) is 3.36. The SMILES string of the molecule is CC(C)C1(CNS(=O)(=O)c2cnc(N)c(Cl)c2)CC1. The van der Waals surface area contributed by atoms with E-state index in [2.05, 4.69) is 23.6 Å². The molecule has 1 aromatic heterocycles. The molecule has 1 aliphatic carbocycles. The maximum absolute atomic E-state index is 12.1. The normalized spacial score (nSPS) is 17.7. The van der Waals surface area contributed by atoms with Crippen LogP contribution in [0.4, 0.5) is 5.82 Å². The predicted octanol–water partition coefficient (Wildman–Crippen LogP) is 2.03. The van der Waals surface area contributed by atoms with Gasteiger partial charge in [-0.15, -0.1) is 0 Å². The van der Waals surface area contributed by atoms with E-state index in [1.165, 1.54) is 12.3 Å². The van der Waals surface area contributed by atoms with Crippen molar-refractivity contribution in [1.29, 1.82) is 0 Å². The zero-order valence-corrected chi connectivity index (χ0v) is 12.6. The van der Waals surface area contributed by atoms with Crippen LogP contribution in [0.25, 0.3) is 0 Å². The summed E-state index contributed by atoms with van der Waals surface area (Å²) in [5.41, 5.74) is 5.58. The lowest BCUT2D eigenvalue weighted by Crippen LogP contribution is -2.32. The van der Waals surface area contributed by atoms with Gasteiger partial charge in [0.05, 0.1) is 5.02 Å². The Labute approximate surface area is 118 Å². The average molecular weight is 304 g/mol. The molecule has 0 atom stereocenters. The van der Waals surface area contributed by atoms with Crippen molar-refractivity contribution in [2.24, 2.45) is 11.3 Å². The van der Waals surface area contributed by atoms with E-state index in [0.29, 0.717) is 12.5 Å². The average Bonchev–Trinajstić information content (AvgIpc) is 3.11. The number of sulfonamides is 1. The van der Waals surface area contributed by atoms with Crippen molar-refractivity contribution in [3.8, 4) is 0 Å². The number of nitrogens with one attached hydrogen (secondary N) is 1. The molecule has 0 aliphatic heterocycles. The number of anilines is 1. The molecule has 5 nitrogen and oxygen atoms in total. The Balaban J connectivity index is 2.12. The first-order chi connectivity index (χ1) is 8.77. The lowest BCUT2D eigenvalue weighted by atomic mass is 9.93. The number of nitrogen functional groups attached to an aromatic ring is 1. The van der Waals surface area contributed by atoms with Gasteiger partial charge in [0.15, 0.2) is 0 Å². The third-order valence-electron chi connectivity index (χ3n) is 3.89. The smallest absolute Gasteiger partial charge is 0.242 e. The number of halogens is 1. The highest BCUT2D eigenvalue weighted by Crippen LogP contribution is 2.51. The second kappa shape index (κ2) is 4.92. The van der Waals surface area contributed by atoms with E-state index in [4.69, 9.17) is 17.3 Å². The molecule has 0 bridgehead atoms. The molecule has 1 aromatic rings. The van der Waals surface area contributed by atoms with Crippen molar-refractivity contribution in [2.45, 2.75) is 31.6 Å². The number of hydrogen-bond donors (Lipinski definition) is 2. The summed E-state index contributed by atoms with van der Waals surface area (Å²) in [6, 6.07) is 1.32. The number of aromatic nitrogens is 1. The molecule has 2 rings (SSSR count). The van der Waals surface area contributed by atoms with Gasteiger partial charge in [-0.1, -0.05) is 25.4 Å². The minimum Gasteiger partial charge on any atom is -0.382 e. The minimum absolute atomic E-state index is 0.0475. The Morgan fingerprint density at radius 2 is 2.16 bits per heavy atom. The molecule has 1 aliphatic rings. The Hall–Kier alpha value is -0.850. The van der Waals surface area contributed by atoms with Gasteiger partial charge in [0, 0.05) is 12.7 Å². The molecule has 0 amide bonds. The summed E-state index contributed by atoms with van der Waals surface area (Å²) in [7, 11) is -3.58. The molecule has 1 heterocycles. The van der Waals surface area contributed by atoms with Crippen LogP contribution in [0, 0.1) is 11.3 Å². The van der Waals surface area contributed by atoms with Crippen LogP contribution in [0.5, 0.6) is 0 Å². The maximum atomic E-state index is 12.1. The van der Waals surface area contributed by atoms with Crippen molar-refractivity contribution >= 4 is 27.4 Å². The molecule has 19 heavy (non-hydrogen) atoms. The van der Waals surface area contributed by atoms with E-state index in [9.17, 15) is 8.42 Å². The second-order valence-corrected chi connectivity index (χ2v) is 7.55. The highest BCUT2D eigenvalue weighted by atomic mass is 35.5. The fourth-order valence-electron chi connectivity index (χ4n) is 2.02. The van der Waals surface area contributed by atoms with Crippen LogP contribution in [0.15, 0.2) is 17.2 Å².